The molecule has 1 aliphatic rings. The van der Waals surface area contributed by atoms with Crippen LogP contribution in [0.3, 0.4) is 0 Å². The first kappa shape index (κ1) is 18.2. The normalized spacial score (nSPS) is 15.1. The minimum Gasteiger partial charge on any atom is -0.341 e. The van der Waals surface area contributed by atoms with Crippen molar-refractivity contribution in [2.24, 2.45) is 0 Å². The van der Waals surface area contributed by atoms with Crippen LogP contribution in [0.4, 0.5) is 0 Å². The number of hydrogen-bond acceptors (Lipinski definition) is 3. The summed E-state index contributed by atoms with van der Waals surface area (Å²) in [6.45, 7) is 7.91. The van der Waals surface area contributed by atoms with Gasteiger partial charge in [0.05, 0.1) is 0 Å². The number of nitrogens with zero attached hydrogens (tertiary/aromatic N) is 2. The van der Waals surface area contributed by atoms with Gasteiger partial charge in [-0.05, 0) is 31.9 Å². The molecule has 0 aliphatic carbocycles. The van der Waals surface area contributed by atoms with Crippen molar-refractivity contribution < 1.29 is 14.4 Å². The van der Waals surface area contributed by atoms with Crippen LogP contribution in [0.5, 0.6) is 0 Å². The monoisotopic (exact) mass is 330 g/mol. The number of ketones is 1. The molecule has 1 aromatic rings. The van der Waals surface area contributed by atoms with Crippen LogP contribution >= 0.6 is 0 Å². The minimum absolute atomic E-state index is 0.000872. The Kier molecular flexibility index (Phi) is 6.12. The first-order valence-corrected chi connectivity index (χ1v) is 8.52. The van der Waals surface area contributed by atoms with Gasteiger partial charge >= 0.3 is 0 Å². The first-order chi connectivity index (χ1) is 11.4. The van der Waals surface area contributed by atoms with Crippen molar-refractivity contribution >= 4 is 17.6 Å². The molecule has 5 heteroatoms. The molecular formula is C19H26N2O3. The molecule has 1 aromatic carbocycles. The Hall–Kier alpha value is -2.17. The Balaban J connectivity index is 1.89. The minimum atomic E-state index is -0.000872. The lowest BCUT2D eigenvalue weighted by molar-refractivity contribution is -0.132. The molecular weight excluding hydrogens is 304 g/mol. The maximum Gasteiger partial charge on any atom is 0.223 e. The molecule has 0 saturated carbocycles. The highest BCUT2D eigenvalue weighted by Crippen LogP contribution is 2.15. The Morgan fingerprint density at radius 1 is 0.958 bits per heavy atom. The Morgan fingerprint density at radius 2 is 1.62 bits per heavy atom. The number of amides is 2. The third-order valence-electron chi connectivity index (χ3n) is 4.55. The molecule has 130 valence electrons. The average molecular weight is 330 g/mol. The van der Waals surface area contributed by atoms with Crippen LogP contribution in [0.25, 0.3) is 0 Å². The summed E-state index contributed by atoms with van der Waals surface area (Å²) in [4.78, 5) is 39.8. The topological polar surface area (TPSA) is 57.7 Å². The van der Waals surface area contributed by atoms with Crippen LogP contribution < -0.4 is 0 Å². The van der Waals surface area contributed by atoms with Gasteiger partial charge in [-0.25, -0.2) is 0 Å². The molecule has 1 heterocycles. The molecule has 0 N–H and O–H groups in total. The molecule has 0 spiro atoms. The van der Waals surface area contributed by atoms with E-state index in [9.17, 15) is 14.4 Å². The van der Waals surface area contributed by atoms with E-state index < -0.39 is 0 Å². The predicted molar refractivity (Wildman–Crippen MR) is 92.9 cm³/mol. The Labute approximate surface area is 143 Å². The van der Waals surface area contributed by atoms with E-state index in [1.165, 1.54) is 0 Å². The second kappa shape index (κ2) is 8.08. The van der Waals surface area contributed by atoms with Crippen LogP contribution in [0.2, 0.25) is 0 Å². The zero-order chi connectivity index (χ0) is 17.7. The SMILES string of the molecule is CC(=O)N1CCCN(C(=O)CCC(=O)c2cc(C)ccc2C)CC1. The average Bonchev–Trinajstić information content (AvgIpc) is 2.80. The zero-order valence-corrected chi connectivity index (χ0v) is 14.8. The smallest absolute Gasteiger partial charge is 0.223 e. The molecule has 0 bridgehead atoms. The van der Waals surface area contributed by atoms with Crippen LogP contribution in [0.1, 0.15) is 47.7 Å². The van der Waals surface area contributed by atoms with Gasteiger partial charge in [-0.1, -0.05) is 17.7 Å². The van der Waals surface area contributed by atoms with E-state index in [-0.39, 0.29) is 30.4 Å². The fourth-order valence-corrected chi connectivity index (χ4v) is 3.03. The summed E-state index contributed by atoms with van der Waals surface area (Å²) in [7, 11) is 0. The van der Waals surface area contributed by atoms with E-state index in [1.54, 1.807) is 16.7 Å². The summed E-state index contributed by atoms with van der Waals surface area (Å²) in [6.07, 6.45) is 1.25. The Bertz CT molecular complexity index is 639. The number of carbonyl (C=O) groups is 3. The summed E-state index contributed by atoms with van der Waals surface area (Å²) in [5, 5.41) is 0. The van der Waals surface area contributed by atoms with Gasteiger partial charge in [0.2, 0.25) is 11.8 Å². The van der Waals surface area contributed by atoms with Gasteiger partial charge in [0.25, 0.3) is 0 Å². The lowest BCUT2D eigenvalue weighted by Crippen LogP contribution is -2.36. The molecule has 1 fully saturated rings. The van der Waals surface area contributed by atoms with Crippen molar-refractivity contribution in [2.75, 3.05) is 26.2 Å². The van der Waals surface area contributed by atoms with E-state index in [2.05, 4.69) is 0 Å². The second-order valence-electron chi connectivity index (χ2n) is 6.48. The van der Waals surface area contributed by atoms with Gasteiger partial charge in [0, 0.05) is 51.5 Å². The third kappa shape index (κ3) is 4.66. The largest absolute Gasteiger partial charge is 0.341 e. The molecule has 5 nitrogen and oxygen atoms in total. The molecule has 1 aliphatic heterocycles. The fourth-order valence-electron chi connectivity index (χ4n) is 3.03. The number of Topliss-reactive ketones (excluding diaryl/α,β-unsaturated/α-hetero) is 1. The number of aryl methyl sites for hydroxylation is 2. The van der Waals surface area contributed by atoms with Gasteiger partial charge in [-0.2, -0.15) is 0 Å². The number of benzene rings is 1. The second-order valence-corrected chi connectivity index (χ2v) is 6.48. The van der Waals surface area contributed by atoms with Crippen molar-refractivity contribution in [2.45, 2.75) is 40.0 Å². The molecule has 2 rings (SSSR count). The van der Waals surface area contributed by atoms with Crippen molar-refractivity contribution in [3.05, 3.63) is 34.9 Å². The third-order valence-corrected chi connectivity index (χ3v) is 4.55. The summed E-state index contributed by atoms with van der Waals surface area (Å²) < 4.78 is 0. The zero-order valence-electron chi connectivity index (χ0n) is 14.8. The van der Waals surface area contributed by atoms with Gasteiger partial charge < -0.3 is 9.80 Å². The molecule has 24 heavy (non-hydrogen) atoms. The first-order valence-electron chi connectivity index (χ1n) is 8.52. The van der Waals surface area contributed by atoms with Crippen molar-refractivity contribution in [3.8, 4) is 0 Å². The molecule has 0 unspecified atom stereocenters. The molecule has 1 saturated heterocycles. The number of hydrogen-bond donors (Lipinski definition) is 0. The van der Waals surface area contributed by atoms with Crippen LogP contribution in [0.15, 0.2) is 18.2 Å². The van der Waals surface area contributed by atoms with Crippen LogP contribution in [0, 0.1) is 13.8 Å². The summed E-state index contributed by atoms with van der Waals surface area (Å²) in [5.74, 6) is 0.0678. The van der Waals surface area contributed by atoms with Gasteiger partial charge in [-0.15, -0.1) is 0 Å². The molecule has 2 amide bonds. The highest BCUT2D eigenvalue weighted by molar-refractivity contribution is 5.99. The van der Waals surface area contributed by atoms with Crippen molar-refractivity contribution in [1.82, 2.24) is 9.80 Å². The van der Waals surface area contributed by atoms with E-state index in [0.717, 1.165) is 17.5 Å². The standard InChI is InChI=1S/C19H26N2O3/c1-14-5-6-15(2)17(13-14)18(23)7-8-19(24)21-10-4-9-20(11-12-21)16(3)22/h5-6,13H,4,7-12H2,1-3H3. The lowest BCUT2D eigenvalue weighted by atomic mass is 9.99. The highest BCUT2D eigenvalue weighted by Gasteiger charge is 2.21. The van der Waals surface area contributed by atoms with Crippen molar-refractivity contribution in [3.63, 3.8) is 0 Å². The predicted octanol–water partition coefficient (Wildman–Crippen LogP) is 2.35. The van der Waals surface area contributed by atoms with Gasteiger partial charge in [-0.3, -0.25) is 14.4 Å². The van der Waals surface area contributed by atoms with Crippen LogP contribution in [-0.4, -0.2) is 53.6 Å². The number of rotatable bonds is 4. The molecule has 0 aromatic heterocycles. The highest BCUT2D eigenvalue weighted by atomic mass is 16.2. The Morgan fingerprint density at radius 3 is 2.33 bits per heavy atom. The molecule has 0 atom stereocenters. The van der Waals surface area contributed by atoms with E-state index >= 15 is 0 Å². The number of carbonyl (C=O) groups excluding carboxylic acids is 3. The van der Waals surface area contributed by atoms with Gasteiger partial charge in [0.15, 0.2) is 5.78 Å². The van der Waals surface area contributed by atoms with E-state index in [0.29, 0.717) is 31.7 Å². The van der Waals surface area contributed by atoms with E-state index in [4.69, 9.17) is 0 Å². The summed E-state index contributed by atoms with van der Waals surface area (Å²) >= 11 is 0. The maximum atomic E-state index is 12.4. The van der Waals surface area contributed by atoms with E-state index in [1.807, 2.05) is 32.0 Å². The van der Waals surface area contributed by atoms with Gasteiger partial charge in [0.1, 0.15) is 0 Å². The summed E-state index contributed by atoms with van der Waals surface area (Å²) in [5.41, 5.74) is 2.71. The molecule has 0 radical (unpaired) electrons. The van der Waals surface area contributed by atoms with Crippen molar-refractivity contribution in [1.29, 1.82) is 0 Å². The quantitative estimate of drug-likeness (QED) is 0.796. The lowest BCUT2D eigenvalue weighted by Gasteiger charge is -2.21. The maximum absolute atomic E-state index is 12.4. The summed E-state index contributed by atoms with van der Waals surface area (Å²) in [6, 6.07) is 5.81. The van der Waals surface area contributed by atoms with Crippen LogP contribution in [-0.2, 0) is 9.59 Å². The fraction of sp³-hybridized carbons (Fsp3) is 0.526.